The second kappa shape index (κ2) is 3.88. The highest BCUT2D eigenvalue weighted by Gasteiger charge is 2.53. The van der Waals surface area contributed by atoms with Crippen molar-refractivity contribution in [3.05, 3.63) is 17.2 Å². The van der Waals surface area contributed by atoms with Gasteiger partial charge in [0.25, 0.3) is 0 Å². The van der Waals surface area contributed by atoms with Crippen LogP contribution in [0.2, 0.25) is 0 Å². The van der Waals surface area contributed by atoms with Gasteiger partial charge in [-0.2, -0.15) is 0 Å². The molecule has 1 aromatic heterocycles. The summed E-state index contributed by atoms with van der Waals surface area (Å²) >= 11 is 0. The molecule has 0 radical (unpaired) electrons. The molecule has 3 nitrogen and oxygen atoms in total. The standard InChI is InChI=1S/C17H25N3/c1-20-15-2-3-18-10-14(15)19-16(20)17-7-11-4-12(8-17)6-13(5-11)9-17/h11-13,18H,2-10H2,1H3. The Kier molecular flexibility index (Phi) is 2.29. The lowest BCUT2D eigenvalue weighted by Gasteiger charge is -2.56. The molecule has 0 saturated heterocycles. The Morgan fingerprint density at radius 2 is 1.75 bits per heavy atom. The molecule has 5 aliphatic rings. The summed E-state index contributed by atoms with van der Waals surface area (Å²) in [5.74, 6) is 4.47. The number of hydrogen-bond acceptors (Lipinski definition) is 2. The Hall–Kier alpha value is -0.830. The topological polar surface area (TPSA) is 29.9 Å². The monoisotopic (exact) mass is 271 g/mol. The third-order valence-electron chi connectivity index (χ3n) is 6.64. The summed E-state index contributed by atoms with van der Waals surface area (Å²) in [6.07, 6.45) is 9.99. The Balaban J connectivity index is 1.61. The average molecular weight is 271 g/mol. The molecule has 1 aromatic rings. The van der Waals surface area contributed by atoms with Crippen molar-refractivity contribution >= 4 is 0 Å². The first-order valence-corrected chi connectivity index (χ1v) is 8.49. The van der Waals surface area contributed by atoms with Crippen molar-refractivity contribution < 1.29 is 0 Å². The summed E-state index contributed by atoms with van der Waals surface area (Å²) in [6, 6.07) is 0. The van der Waals surface area contributed by atoms with Gasteiger partial charge in [-0.1, -0.05) is 0 Å². The summed E-state index contributed by atoms with van der Waals surface area (Å²) < 4.78 is 2.49. The van der Waals surface area contributed by atoms with E-state index in [0.717, 1.165) is 37.3 Å². The van der Waals surface area contributed by atoms with Crippen LogP contribution in [0.4, 0.5) is 0 Å². The normalized spacial score (nSPS) is 42.0. The Labute approximate surface area is 121 Å². The van der Waals surface area contributed by atoms with E-state index in [1.165, 1.54) is 55.7 Å². The molecule has 4 fully saturated rings. The first-order chi connectivity index (χ1) is 9.73. The number of nitrogens with zero attached hydrogens (tertiary/aromatic N) is 2. The minimum atomic E-state index is 0.445. The molecule has 4 saturated carbocycles. The fourth-order valence-corrected chi connectivity index (χ4v) is 6.31. The van der Waals surface area contributed by atoms with Gasteiger partial charge in [0.15, 0.2) is 0 Å². The molecule has 4 aliphatic carbocycles. The Morgan fingerprint density at radius 1 is 1.10 bits per heavy atom. The molecule has 0 spiro atoms. The highest BCUT2D eigenvalue weighted by atomic mass is 15.1. The van der Waals surface area contributed by atoms with Crippen LogP contribution >= 0.6 is 0 Å². The van der Waals surface area contributed by atoms with Crippen molar-refractivity contribution in [1.29, 1.82) is 0 Å². The van der Waals surface area contributed by atoms with Crippen LogP contribution in [-0.2, 0) is 25.4 Å². The summed E-state index contributed by atoms with van der Waals surface area (Å²) in [5.41, 5.74) is 3.29. The number of hydrogen-bond donors (Lipinski definition) is 1. The maximum atomic E-state index is 5.14. The first kappa shape index (κ1) is 11.8. The van der Waals surface area contributed by atoms with Crippen LogP contribution in [0.25, 0.3) is 0 Å². The van der Waals surface area contributed by atoms with E-state index in [1.54, 1.807) is 0 Å². The number of fused-ring (bicyclic) bond motifs is 1. The maximum absolute atomic E-state index is 5.14. The second-order valence-corrected chi connectivity index (χ2v) is 8.01. The zero-order chi connectivity index (χ0) is 13.3. The third-order valence-corrected chi connectivity index (χ3v) is 6.64. The van der Waals surface area contributed by atoms with Crippen LogP contribution in [0.3, 0.4) is 0 Å². The highest BCUT2D eigenvalue weighted by molar-refractivity contribution is 5.27. The molecule has 2 heterocycles. The molecule has 0 aromatic carbocycles. The zero-order valence-corrected chi connectivity index (χ0v) is 12.5. The van der Waals surface area contributed by atoms with Gasteiger partial charge in [-0.3, -0.25) is 0 Å². The molecule has 3 heteroatoms. The zero-order valence-electron chi connectivity index (χ0n) is 12.5. The molecule has 108 valence electrons. The summed E-state index contributed by atoms with van der Waals surface area (Å²) in [7, 11) is 2.28. The lowest BCUT2D eigenvalue weighted by Crippen LogP contribution is -2.49. The molecule has 0 unspecified atom stereocenters. The molecular formula is C17H25N3. The highest BCUT2D eigenvalue weighted by Crippen LogP contribution is 2.60. The Bertz CT molecular complexity index is 522. The lowest BCUT2D eigenvalue weighted by molar-refractivity contribution is -0.0107. The molecular weight excluding hydrogens is 246 g/mol. The molecule has 20 heavy (non-hydrogen) atoms. The van der Waals surface area contributed by atoms with Crippen molar-refractivity contribution in [2.75, 3.05) is 6.54 Å². The van der Waals surface area contributed by atoms with Crippen LogP contribution in [0, 0.1) is 17.8 Å². The molecule has 0 atom stereocenters. The van der Waals surface area contributed by atoms with E-state index in [0.29, 0.717) is 5.41 Å². The van der Waals surface area contributed by atoms with Gasteiger partial charge in [0, 0.05) is 37.7 Å². The van der Waals surface area contributed by atoms with Crippen molar-refractivity contribution in [1.82, 2.24) is 14.9 Å². The summed E-state index contributed by atoms with van der Waals surface area (Å²) in [6.45, 7) is 2.10. The van der Waals surface area contributed by atoms with E-state index in [-0.39, 0.29) is 0 Å². The molecule has 0 amide bonds. The quantitative estimate of drug-likeness (QED) is 0.850. The first-order valence-electron chi connectivity index (χ1n) is 8.49. The summed E-state index contributed by atoms with van der Waals surface area (Å²) in [5, 5.41) is 3.48. The smallest absolute Gasteiger partial charge is 0.115 e. The van der Waals surface area contributed by atoms with Crippen LogP contribution in [0.15, 0.2) is 0 Å². The number of rotatable bonds is 1. The van der Waals surface area contributed by atoms with E-state index in [1.807, 2.05) is 0 Å². The predicted molar refractivity (Wildman–Crippen MR) is 78.5 cm³/mol. The largest absolute Gasteiger partial charge is 0.334 e. The number of aromatic nitrogens is 2. The second-order valence-electron chi connectivity index (χ2n) is 8.01. The Morgan fingerprint density at radius 3 is 2.35 bits per heavy atom. The fraction of sp³-hybridized carbons (Fsp3) is 0.824. The van der Waals surface area contributed by atoms with Crippen molar-refractivity contribution in [3.63, 3.8) is 0 Å². The van der Waals surface area contributed by atoms with Gasteiger partial charge in [-0.15, -0.1) is 0 Å². The van der Waals surface area contributed by atoms with E-state index >= 15 is 0 Å². The van der Waals surface area contributed by atoms with Crippen LogP contribution < -0.4 is 5.32 Å². The minimum Gasteiger partial charge on any atom is -0.334 e. The van der Waals surface area contributed by atoms with E-state index < -0.39 is 0 Å². The van der Waals surface area contributed by atoms with E-state index in [9.17, 15) is 0 Å². The van der Waals surface area contributed by atoms with Gasteiger partial charge >= 0.3 is 0 Å². The van der Waals surface area contributed by atoms with Gasteiger partial charge < -0.3 is 9.88 Å². The van der Waals surface area contributed by atoms with Crippen molar-refractivity contribution in [3.8, 4) is 0 Å². The average Bonchev–Trinajstić information content (AvgIpc) is 2.76. The lowest BCUT2D eigenvalue weighted by atomic mass is 9.49. The van der Waals surface area contributed by atoms with Crippen molar-refractivity contribution in [2.24, 2.45) is 24.8 Å². The van der Waals surface area contributed by atoms with Gasteiger partial charge in [0.2, 0.25) is 0 Å². The minimum absolute atomic E-state index is 0.445. The van der Waals surface area contributed by atoms with Crippen LogP contribution in [0.5, 0.6) is 0 Å². The molecule has 1 N–H and O–H groups in total. The fourth-order valence-electron chi connectivity index (χ4n) is 6.31. The summed E-state index contributed by atoms with van der Waals surface area (Å²) in [4.78, 5) is 5.14. The van der Waals surface area contributed by atoms with Gasteiger partial charge in [-0.05, 0) is 56.3 Å². The predicted octanol–water partition coefficient (Wildman–Crippen LogP) is 2.53. The molecule has 4 bridgehead atoms. The maximum Gasteiger partial charge on any atom is 0.115 e. The third kappa shape index (κ3) is 1.47. The van der Waals surface area contributed by atoms with Crippen LogP contribution in [-0.4, -0.2) is 16.1 Å². The van der Waals surface area contributed by atoms with Crippen molar-refractivity contribution in [2.45, 2.75) is 56.9 Å². The van der Waals surface area contributed by atoms with Gasteiger partial charge in [0.05, 0.1) is 5.69 Å². The van der Waals surface area contributed by atoms with E-state index in [2.05, 4.69) is 16.9 Å². The SMILES string of the molecule is Cn1c(C23CC4CC(CC(C4)C2)C3)nc2c1CCNC2. The van der Waals surface area contributed by atoms with Crippen LogP contribution in [0.1, 0.15) is 55.7 Å². The molecule has 1 aliphatic heterocycles. The number of imidazole rings is 1. The molecule has 6 rings (SSSR count). The number of nitrogens with one attached hydrogen (secondary N) is 1. The van der Waals surface area contributed by atoms with Gasteiger partial charge in [0.1, 0.15) is 5.82 Å². The van der Waals surface area contributed by atoms with Gasteiger partial charge in [-0.25, -0.2) is 4.98 Å². The van der Waals surface area contributed by atoms with E-state index in [4.69, 9.17) is 4.98 Å².